The fourth-order valence-corrected chi connectivity index (χ4v) is 3.18. The van der Waals surface area contributed by atoms with E-state index in [2.05, 4.69) is 20.8 Å². The zero-order chi connectivity index (χ0) is 14.3. The Balaban J connectivity index is 2.57. The van der Waals surface area contributed by atoms with Crippen molar-refractivity contribution in [1.29, 1.82) is 0 Å². The fourth-order valence-electron chi connectivity index (χ4n) is 3.18. The van der Waals surface area contributed by atoms with Crippen molar-refractivity contribution in [2.24, 2.45) is 0 Å². The lowest BCUT2D eigenvalue weighted by Crippen LogP contribution is -2.49. The van der Waals surface area contributed by atoms with Crippen molar-refractivity contribution < 1.29 is 9.59 Å². The molecule has 0 aliphatic carbocycles. The Hall–Kier alpha value is -0.860. The van der Waals surface area contributed by atoms with Crippen LogP contribution in [0.3, 0.4) is 0 Å². The molecular weight excluding hydrogens is 238 g/mol. The fraction of sp³-hybridized carbons (Fsp3) is 0.875. The van der Waals surface area contributed by atoms with E-state index >= 15 is 0 Å². The maximum absolute atomic E-state index is 11.9. The van der Waals surface area contributed by atoms with Gasteiger partial charge in [-0.05, 0) is 19.8 Å². The lowest BCUT2D eigenvalue weighted by atomic mass is 9.87. The molecule has 1 rings (SSSR count). The molecule has 0 N–H and O–H groups in total. The first kappa shape index (κ1) is 16.2. The van der Waals surface area contributed by atoms with E-state index in [1.54, 1.807) is 4.90 Å². The van der Waals surface area contributed by atoms with Gasteiger partial charge >= 0.3 is 0 Å². The molecule has 3 heteroatoms. The highest BCUT2D eigenvalue weighted by atomic mass is 16.2. The summed E-state index contributed by atoms with van der Waals surface area (Å²) in [5.41, 5.74) is -0.244. The van der Waals surface area contributed by atoms with Crippen LogP contribution in [0.15, 0.2) is 0 Å². The van der Waals surface area contributed by atoms with E-state index in [-0.39, 0.29) is 17.4 Å². The molecule has 1 heterocycles. The van der Waals surface area contributed by atoms with Crippen LogP contribution in [0.4, 0.5) is 0 Å². The molecule has 0 bridgehead atoms. The van der Waals surface area contributed by atoms with Crippen molar-refractivity contribution in [1.82, 2.24) is 4.90 Å². The molecule has 0 aromatic heterocycles. The smallest absolute Gasteiger partial charge is 0.230 e. The summed E-state index contributed by atoms with van der Waals surface area (Å²) in [6, 6.07) is 0. The first-order valence-electron chi connectivity index (χ1n) is 7.91. The van der Waals surface area contributed by atoms with Crippen molar-refractivity contribution in [2.45, 2.75) is 90.5 Å². The van der Waals surface area contributed by atoms with Gasteiger partial charge in [-0.3, -0.25) is 14.5 Å². The van der Waals surface area contributed by atoms with Gasteiger partial charge in [0, 0.05) is 18.4 Å². The van der Waals surface area contributed by atoms with Crippen molar-refractivity contribution in [3.8, 4) is 0 Å². The topological polar surface area (TPSA) is 37.4 Å². The van der Waals surface area contributed by atoms with Gasteiger partial charge in [0.2, 0.25) is 11.8 Å². The highest BCUT2D eigenvalue weighted by molar-refractivity contribution is 6.02. The Morgan fingerprint density at radius 3 is 2.00 bits per heavy atom. The molecule has 19 heavy (non-hydrogen) atoms. The summed E-state index contributed by atoms with van der Waals surface area (Å²) in [4.78, 5) is 25.5. The molecule has 1 aliphatic rings. The average molecular weight is 267 g/mol. The van der Waals surface area contributed by atoms with Gasteiger partial charge in [-0.2, -0.15) is 0 Å². The van der Waals surface area contributed by atoms with Gasteiger partial charge in [-0.25, -0.2) is 0 Å². The summed E-state index contributed by atoms with van der Waals surface area (Å²) in [5, 5.41) is 0. The third-order valence-electron chi connectivity index (χ3n) is 4.20. The number of unbranched alkanes of at least 4 members (excludes halogenated alkanes) is 4. The van der Waals surface area contributed by atoms with Crippen molar-refractivity contribution in [3.63, 3.8) is 0 Å². The molecule has 0 spiro atoms. The summed E-state index contributed by atoms with van der Waals surface area (Å²) in [5.74, 6) is 0.0732. The zero-order valence-electron chi connectivity index (χ0n) is 12.8. The molecule has 1 aliphatic heterocycles. The van der Waals surface area contributed by atoms with E-state index in [1.165, 1.54) is 25.7 Å². The predicted octanol–water partition coefficient (Wildman–Crippen LogP) is 4.05. The Bertz CT molecular complexity index is 298. The molecule has 0 radical (unpaired) electrons. The Morgan fingerprint density at radius 2 is 1.47 bits per heavy atom. The van der Waals surface area contributed by atoms with Crippen LogP contribution in [-0.4, -0.2) is 22.3 Å². The highest BCUT2D eigenvalue weighted by Crippen LogP contribution is 2.32. The van der Waals surface area contributed by atoms with E-state index in [4.69, 9.17) is 0 Å². The normalized spacial score (nSPS) is 19.0. The zero-order valence-corrected chi connectivity index (χ0v) is 12.8. The van der Waals surface area contributed by atoms with E-state index in [0.29, 0.717) is 12.8 Å². The van der Waals surface area contributed by atoms with Gasteiger partial charge in [0.05, 0.1) is 0 Å². The van der Waals surface area contributed by atoms with Crippen LogP contribution in [-0.2, 0) is 9.59 Å². The van der Waals surface area contributed by atoms with Gasteiger partial charge in [-0.1, -0.05) is 52.4 Å². The van der Waals surface area contributed by atoms with Crippen LogP contribution in [0.25, 0.3) is 0 Å². The molecular formula is C16H29NO2. The van der Waals surface area contributed by atoms with Crippen molar-refractivity contribution in [2.75, 3.05) is 0 Å². The third-order valence-corrected chi connectivity index (χ3v) is 4.20. The number of nitrogens with zero attached hydrogens (tertiary/aromatic N) is 1. The number of rotatable bonds is 9. The monoisotopic (exact) mass is 267 g/mol. The first-order valence-corrected chi connectivity index (χ1v) is 7.91. The molecule has 1 saturated heterocycles. The Kier molecular flexibility index (Phi) is 6.53. The van der Waals surface area contributed by atoms with E-state index in [0.717, 1.165) is 25.7 Å². The number of hydrogen-bond donors (Lipinski definition) is 0. The molecule has 0 aromatic carbocycles. The second-order valence-electron chi connectivity index (χ2n) is 6.03. The van der Waals surface area contributed by atoms with Crippen LogP contribution in [0.1, 0.15) is 85.0 Å². The Labute approximate surface area is 117 Å². The highest BCUT2D eigenvalue weighted by Gasteiger charge is 2.41. The minimum absolute atomic E-state index is 0.0366. The summed E-state index contributed by atoms with van der Waals surface area (Å²) >= 11 is 0. The van der Waals surface area contributed by atoms with Gasteiger partial charge in [0.15, 0.2) is 0 Å². The number of carbonyl (C=O) groups excluding carboxylic acids is 2. The molecule has 110 valence electrons. The number of carbonyl (C=O) groups is 2. The summed E-state index contributed by atoms with van der Waals surface area (Å²) in [7, 11) is 0. The van der Waals surface area contributed by atoms with Crippen molar-refractivity contribution >= 4 is 11.8 Å². The second-order valence-corrected chi connectivity index (χ2v) is 6.03. The molecule has 3 nitrogen and oxygen atoms in total. The molecule has 1 fully saturated rings. The number of imide groups is 1. The van der Waals surface area contributed by atoms with Crippen molar-refractivity contribution in [3.05, 3.63) is 0 Å². The van der Waals surface area contributed by atoms with E-state index in [1.807, 2.05) is 0 Å². The summed E-state index contributed by atoms with van der Waals surface area (Å²) in [6.07, 6.45) is 9.85. The largest absolute Gasteiger partial charge is 0.277 e. The lowest BCUT2D eigenvalue weighted by molar-refractivity contribution is -0.145. The van der Waals surface area contributed by atoms with Gasteiger partial charge < -0.3 is 0 Å². The van der Waals surface area contributed by atoms with Gasteiger partial charge in [0.1, 0.15) is 0 Å². The number of likely N-dealkylation sites (tertiary alicyclic amines) is 1. The SMILES string of the molecule is CCCCCCCC(C)(CCC)N1C(=O)CCC1=O. The van der Waals surface area contributed by atoms with Crippen LogP contribution >= 0.6 is 0 Å². The summed E-state index contributed by atoms with van der Waals surface area (Å²) < 4.78 is 0. The third kappa shape index (κ3) is 4.32. The van der Waals surface area contributed by atoms with Crippen LogP contribution in [0.5, 0.6) is 0 Å². The molecule has 1 unspecified atom stereocenters. The van der Waals surface area contributed by atoms with E-state index in [9.17, 15) is 9.59 Å². The minimum Gasteiger partial charge on any atom is -0.277 e. The number of hydrogen-bond acceptors (Lipinski definition) is 2. The molecule has 2 amide bonds. The molecule has 0 aromatic rings. The lowest BCUT2D eigenvalue weighted by Gasteiger charge is -2.37. The quantitative estimate of drug-likeness (QED) is 0.467. The van der Waals surface area contributed by atoms with Crippen LogP contribution < -0.4 is 0 Å². The van der Waals surface area contributed by atoms with Gasteiger partial charge in [0.25, 0.3) is 0 Å². The first-order chi connectivity index (χ1) is 9.05. The second kappa shape index (κ2) is 7.66. The predicted molar refractivity (Wildman–Crippen MR) is 77.8 cm³/mol. The molecule has 1 atom stereocenters. The number of amides is 2. The van der Waals surface area contributed by atoms with E-state index < -0.39 is 0 Å². The average Bonchev–Trinajstić information content (AvgIpc) is 2.70. The van der Waals surface area contributed by atoms with Crippen LogP contribution in [0.2, 0.25) is 0 Å². The van der Waals surface area contributed by atoms with Gasteiger partial charge in [-0.15, -0.1) is 0 Å². The molecule has 0 saturated carbocycles. The van der Waals surface area contributed by atoms with Crippen LogP contribution in [0, 0.1) is 0 Å². The Morgan fingerprint density at radius 1 is 0.895 bits per heavy atom. The maximum atomic E-state index is 11.9. The summed E-state index contributed by atoms with van der Waals surface area (Å²) in [6.45, 7) is 6.43. The standard InChI is InChI=1S/C16H29NO2/c1-4-6-7-8-9-13-16(3,12-5-2)17-14(18)10-11-15(17)19/h4-13H2,1-3H3. The minimum atomic E-state index is -0.244. The maximum Gasteiger partial charge on any atom is 0.230 e.